The SMILES string of the molecule is CCOc1cc(C2C(C(=O)Nc3cccc(C)c3C)=C(C)Nc3ncnn32)ccc1OCc1cccc(C)c1. The number of carbonyl (C=O) groups excluding carboxylic acids is 1. The molecule has 3 aromatic carbocycles. The van der Waals surface area contributed by atoms with Crippen LogP contribution in [0.2, 0.25) is 0 Å². The first-order chi connectivity index (χ1) is 18.9. The summed E-state index contributed by atoms with van der Waals surface area (Å²) in [7, 11) is 0. The monoisotopic (exact) mass is 523 g/mol. The topological polar surface area (TPSA) is 90.3 Å². The minimum absolute atomic E-state index is 0.211. The Morgan fingerprint density at radius 2 is 1.82 bits per heavy atom. The lowest BCUT2D eigenvalue weighted by atomic mass is 9.94. The summed E-state index contributed by atoms with van der Waals surface area (Å²) in [6.45, 7) is 10.8. The predicted molar refractivity (Wildman–Crippen MR) is 152 cm³/mol. The summed E-state index contributed by atoms with van der Waals surface area (Å²) >= 11 is 0. The highest BCUT2D eigenvalue weighted by atomic mass is 16.5. The van der Waals surface area contributed by atoms with E-state index in [0.717, 1.165) is 27.9 Å². The van der Waals surface area contributed by atoms with Crippen LogP contribution in [0.3, 0.4) is 0 Å². The third-order valence-corrected chi connectivity index (χ3v) is 6.95. The Kier molecular flexibility index (Phi) is 7.36. The fraction of sp³-hybridized carbons (Fsp3) is 0.258. The van der Waals surface area contributed by atoms with Gasteiger partial charge in [0.1, 0.15) is 19.0 Å². The van der Waals surface area contributed by atoms with E-state index in [2.05, 4.69) is 39.8 Å². The average Bonchev–Trinajstić information content (AvgIpc) is 3.38. The fourth-order valence-corrected chi connectivity index (χ4v) is 4.81. The zero-order chi connectivity index (χ0) is 27.5. The van der Waals surface area contributed by atoms with Crippen LogP contribution in [0.1, 0.15) is 47.7 Å². The smallest absolute Gasteiger partial charge is 0.255 e. The summed E-state index contributed by atoms with van der Waals surface area (Å²) in [5.74, 6) is 1.60. The maximum absolute atomic E-state index is 13.8. The fourth-order valence-electron chi connectivity index (χ4n) is 4.81. The highest BCUT2D eigenvalue weighted by Gasteiger charge is 2.34. The number of rotatable bonds is 8. The van der Waals surface area contributed by atoms with Crippen molar-refractivity contribution in [1.29, 1.82) is 0 Å². The van der Waals surface area contributed by atoms with Gasteiger partial charge in [-0.15, -0.1) is 0 Å². The Morgan fingerprint density at radius 3 is 2.62 bits per heavy atom. The summed E-state index contributed by atoms with van der Waals surface area (Å²) < 4.78 is 13.9. The molecule has 0 radical (unpaired) electrons. The Balaban J connectivity index is 1.50. The summed E-state index contributed by atoms with van der Waals surface area (Å²) in [4.78, 5) is 18.1. The van der Waals surface area contributed by atoms with Crippen LogP contribution in [-0.2, 0) is 11.4 Å². The number of allylic oxidation sites excluding steroid dienone is 1. The molecule has 0 saturated carbocycles. The van der Waals surface area contributed by atoms with Gasteiger partial charge in [0.15, 0.2) is 11.5 Å². The molecule has 0 aliphatic carbocycles. The van der Waals surface area contributed by atoms with Crippen molar-refractivity contribution in [3.63, 3.8) is 0 Å². The summed E-state index contributed by atoms with van der Waals surface area (Å²) in [5, 5.41) is 10.8. The molecule has 0 saturated heterocycles. The quantitative estimate of drug-likeness (QED) is 0.290. The first-order valence-electron chi connectivity index (χ1n) is 13.1. The number of aromatic nitrogens is 3. The van der Waals surface area contributed by atoms with Crippen molar-refractivity contribution < 1.29 is 14.3 Å². The highest BCUT2D eigenvalue weighted by Crippen LogP contribution is 2.39. The average molecular weight is 524 g/mol. The molecule has 2 N–H and O–H groups in total. The van der Waals surface area contributed by atoms with E-state index in [1.165, 1.54) is 11.9 Å². The van der Waals surface area contributed by atoms with Gasteiger partial charge in [-0.3, -0.25) is 4.79 Å². The van der Waals surface area contributed by atoms with E-state index in [1.54, 1.807) is 4.68 Å². The molecule has 0 bridgehead atoms. The lowest BCUT2D eigenvalue weighted by Gasteiger charge is -2.29. The Morgan fingerprint density at radius 1 is 1.00 bits per heavy atom. The molecule has 8 nitrogen and oxygen atoms in total. The van der Waals surface area contributed by atoms with Crippen molar-refractivity contribution in [1.82, 2.24) is 14.8 Å². The van der Waals surface area contributed by atoms with E-state index in [-0.39, 0.29) is 5.91 Å². The van der Waals surface area contributed by atoms with Crippen molar-refractivity contribution >= 4 is 17.5 Å². The van der Waals surface area contributed by atoms with Gasteiger partial charge in [0.25, 0.3) is 5.91 Å². The van der Waals surface area contributed by atoms with Crippen molar-refractivity contribution in [2.75, 3.05) is 17.2 Å². The minimum atomic E-state index is -0.515. The number of aryl methyl sites for hydroxylation is 2. The molecule has 1 atom stereocenters. The van der Waals surface area contributed by atoms with Crippen molar-refractivity contribution in [2.45, 2.75) is 47.3 Å². The Bertz CT molecular complexity index is 1560. The van der Waals surface area contributed by atoms with Gasteiger partial charge in [-0.05, 0) is 75.1 Å². The highest BCUT2D eigenvalue weighted by molar-refractivity contribution is 6.06. The molecule has 1 amide bonds. The lowest BCUT2D eigenvalue weighted by molar-refractivity contribution is -0.113. The van der Waals surface area contributed by atoms with Crippen LogP contribution >= 0.6 is 0 Å². The van der Waals surface area contributed by atoms with E-state index in [4.69, 9.17) is 9.47 Å². The van der Waals surface area contributed by atoms with Gasteiger partial charge in [0.2, 0.25) is 5.95 Å². The minimum Gasteiger partial charge on any atom is -0.490 e. The number of amides is 1. The van der Waals surface area contributed by atoms with Crippen LogP contribution in [0.5, 0.6) is 11.5 Å². The van der Waals surface area contributed by atoms with E-state index < -0.39 is 6.04 Å². The molecule has 0 fully saturated rings. The van der Waals surface area contributed by atoms with Gasteiger partial charge in [0, 0.05) is 11.4 Å². The van der Waals surface area contributed by atoms with Crippen LogP contribution in [0.25, 0.3) is 0 Å². The normalized spacial score (nSPS) is 14.4. The maximum Gasteiger partial charge on any atom is 0.255 e. The molecule has 1 aromatic heterocycles. The molecular weight excluding hydrogens is 490 g/mol. The van der Waals surface area contributed by atoms with Crippen molar-refractivity contribution in [3.05, 3.63) is 106 Å². The zero-order valence-electron chi connectivity index (χ0n) is 22.9. The number of nitrogens with one attached hydrogen (secondary N) is 2. The molecule has 8 heteroatoms. The molecule has 1 aliphatic heterocycles. The van der Waals surface area contributed by atoms with Crippen molar-refractivity contribution in [2.24, 2.45) is 0 Å². The molecule has 5 rings (SSSR count). The van der Waals surface area contributed by atoms with Gasteiger partial charge in [0.05, 0.1) is 12.2 Å². The van der Waals surface area contributed by atoms with E-state index in [0.29, 0.717) is 41.9 Å². The summed E-state index contributed by atoms with van der Waals surface area (Å²) in [5.41, 5.74) is 7.26. The predicted octanol–water partition coefficient (Wildman–Crippen LogP) is 6.11. The molecule has 39 heavy (non-hydrogen) atoms. The number of benzene rings is 3. The zero-order valence-corrected chi connectivity index (χ0v) is 22.9. The maximum atomic E-state index is 13.8. The molecule has 4 aromatic rings. The van der Waals surface area contributed by atoms with Crippen LogP contribution in [0.4, 0.5) is 11.6 Å². The van der Waals surface area contributed by atoms with E-state index in [9.17, 15) is 4.79 Å². The Labute approximate surface area is 228 Å². The second kappa shape index (κ2) is 11.0. The second-order valence-electron chi connectivity index (χ2n) is 9.71. The lowest BCUT2D eigenvalue weighted by Crippen LogP contribution is -2.31. The number of hydrogen-bond acceptors (Lipinski definition) is 6. The number of hydrogen-bond donors (Lipinski definition) is 2. The number of carbonyl (C=O) groups is 1. The molecular formula is C31H33N5O3. The first kappa shape index (κ1) is 26.0. The number of fused-ring (bicyclic) bond motifs is 1. The third-order valence-electron chi connectivity index (χ3n) is 6.95. The van der Waals surface area contributed by atoms with Crippen molar-refractivity contribution in [3.8, 4) is 11.5 Å². The molecule has 1 unspecified atom stereocenters. The second-order valence-corrected chi connectivity index (χ2v) is 9.71. The van der Waals surface area contributed by atoms with Gasteiger partial charge in [-0.2, -0.15) is 10.1 Å². The number of ether oxygens (including phenoxy) is 2. The van der Waals surface area contributed by atoms with Gasteiger partial charge in [-0.25, -0.2) is 4.68 Å². The summed E-state index contributed by atoms with van der Waals surface area (Å²) in [6.07, 6.45) is 1.48. The number of anilines is 2. The summed E-state index contributed by atoms with van der Waals surface area (Å²) in [6, 6.07) is 19.4. The number of nitrogens with zero attached hydrogens (tertiary/aromatic N) is 3. The van der Waals surface area contributed by atoms with Gasteiger partial charge >= 0.3 is 0 Å². The standard InChI is InChI=1S/C31H33N5O3/c1-6-38-27-16-24(13-14-26(27)39-17-23-11-7-9-19(2)15-23)29-28(22(5)34-31-32-18-33-36(29)31)30(37)35-25-12-8-10-20(3)21(25)4/h7-16,18,29H,6,17H2,1-5H3,(H,35,37)(H,32,33,34). The third kappa shape index (κ3) is 5.36. The van der Waals surface area contributed by atoms with Crippen LogP contribution < -0.4 is 20.1 Å². The first-order valence-corrected chi connectivity index (χ1v) is 13.1. The van der Waals surface area contributed by atoms with E-state index >= 15 is 0 Å². The van der Waals surface area contributed by atoms with E-state index in [1.807, 2.05) is 76.2 Å². The van der Waals surface area contributed by atoms with Crippen LogP contribution in [0, 0.1) is 20.8 Å². The molecule has 2 heterocycles. The van der Waals surface area contributed by atoms with Gasteiger partial charge < -0.3 is 20.1 Å². The molecule has 200 valence electrons. The Hall–Kier alpha value is -4.59. The molecule has 0 spiro atoms. The largest absolute Gasteiger partial charge is 0.490 e. The van der Waals surface area contributed by atoms with Gasteiger partial charge in [-0.1, -0.05) is 48.0 Å². The van der Waals surface area contributed by atoms with Crippen LogP contribution in [0.15, 0.2) is 78.3 Å². The molecule has 1 aliphatic rings. The van der Waals surface area contributed by atoms with Crippen LogP contribution in [-0.4, -0.2) is 27.3 Å².